The van der Waals surface area contributed by atoms with Crippen LogP contribution in [0.2, 0.25) is 0 Å². The molecule has 0 fully saturated rings. The van der Waals surface area contributed by atoms with Gasteiger partial charge in [-0.15, -0.1) is 0 Å². The average Bonchev–Trinajstić information content (AvgIpc) is 2.97. The van der Waals surface area contributed by atoms with Crippen molar-refractivity contribution in [2.24, 2.45) is 7.05 Å². The number of benzene rings is 1. The first-order chi connectivity index (χ1) is 8.74. The van der Waals surface area contributed by atoms with Gasteiger partial charge in [0.15, 0.2) is 0 Å². The van der Waals surface area contributed by atoms with E-state index in [0.717, 1.165) is 11.3 Å². The Morgan fingerprint density at radius 3 is 2.94 bits per heavy atom. The van der Waals surface area contributed by atoms with E-state index in [1.54, 1.807) is 18.6 Å². The van der Waals surface area contributed by atoms with E-state index < -0.39 is 0 Å². The van der Waals surface area contributed by atoms with Crippen LogP contribution in [-0.2, 0) is 7.05 Å². The van der Waals surface area contributed by atoms with E-state index in [9.17, 15) is 0 Å². The van der Waals surface area contributed by atoms with Crippen molar-refractivity contribution in [3.05, 3.63) is 36.8 Å². The summed E-state index contributed by atoms with van der Waals surface area (Å²) in [4.78, 5) is 8.35. The molecule has 0 amide bonds. The van der Waals surface area contributed by atoms with Crippen LogP contribution < -0.4 is 5.73 Å². The van der Waals surface area contributed by atoms with E-state index in [2.05, 4.69) is 15.1 Å². The molecule has 2 heterocycles. The fourth-order valence-corrected chi connectivity index (χ4v) is 1.69. The molecule has 6 nitrogen and oxygen atoms in total. The Morgan fingerprint density at radius 1 is 1.33 bits per heavy atom. The standard InChI is InChI=1S/C12H11N5O/c1-17-7-14-6-10(17)11-15-12(18-16-11)8-3-2-4-9(13)5-8/h2-7H,13H2,1H3. The Morgan fingerprint density at radius 2 is 2.22 bits per heavy atom. The molecule has 3 aromatic rings. The summed E-state index contributed by atoms with van der Waals surface area (Å²) >= 11 is 0. The summed E-state index contributed by atoms with van der Waals surface area (Å²) < 4.78 is 7.05. The number of aromatic nitrogens is 4. The largest absolute Gasteiger partial charge is 0.399 e. The zero-order chi connectivity index (χ0) is 12.5. The van der Waals surface area contributed by atoms with Gasteiger partial charge in [0.05, 0.1) is 12.5 Å². The van der Waals surface area contributed by atoms with Gasteiger partial charge >= 0.3 is 0 Å². The molecule has 6 heteroatoms. The van der Waals surface area contributed by atoms with Gasteiger partial charge in [0.25, 0.3) is 5.89 Å². The summed E-state index contributed by atoms with van der Waals surface area (Å²) in [5, 5.41) is 3.94. The minimum Gasteiger partial charge on any atom is -0.399 e. The van der Waals surface area contributed by atoms with Crippen LogP contribution in [0.1, 0.15) is 0 Å². The van der Waals surface area contributed by atoms with E-state index in [4.69, 9.17) is 10.3 Å². The van der Waals surface area contributed by atoms with Gasteiger partial charge in [0.1, 0.15) is 5.69 Å². The van der Waals surface area contributed by atoms with Crippen LogP contribution in [0.5, 0.6) is 0 Å². The zero-order valence-electron chi connectivity index (χ0n) is 9.74. The van der Waals surface area contributed by atoms with Crippen LogP contribution in [0.4, 0.5) is 5.69 Å². The van der Waals surface area contributed by atoms with Gasteiger partial charge in [-0.25, -0.2) is 4.98 Å². The molecule has 0 aliphatic rings. The first-order valence-electron chi connectivity index (χ1n) is 5.40. The van der Waals surface area contributed by atoms with Gasteiger partial charge < -0.3 is 14.8 Å². The van der Waals surface area contributed by atoms with Gasteiger partial charge in [-0.2, -0.15) is 4.98 Å². The highest BCUT2D eigenvalue weighted by Crippen LogP contribution is 2.22. The molecular formula is C12H11N5O. The van der Waals surface area contributed by atoms with Crippen molar-refractivity contribution in [2.75, 3.05) is 5.73 Å². The number of nitrogens with two attached hydrogens (primary N) is 1. The van der Waals surface area contributed by atoms with Crippen molar-refractivity contribution >= 4 is 5.69 Å². The normalized spacial score (nSPS) is 10.7. The highest BCUT2D eigenvalue weighted by Gasteiger charge is 2.12. The fourth-order valence-electron chi connectivity index (χ4n) is 1.69. The van der Waals surface area contributed by atoms with Crippen molar-refractivity contribution in [1.29, 1.82) is 0 Å². The Bertz CT molecular complexity index is 685. The Labute approximate surface area is 103 Å². The second kappa shape index (κ2) is 3.99. The van der Waals surface area contributed by atoms with Gasteiger partial charge in [-0.05, 0) is 18.2 Å². The number of nitrogen functional groups attached to an aromatic ring is 1. The number of aryl methyl sites for hydroxylation is 1. The van der Waals surface area contributed by atoms with Gasteiger partial charge in [-0.1, -0.05) is 11.2 Å². The Kier molecular flexibility index (Phi) is 2.33. The Hall–Kier alpha value is -2.63. The number of hydrogen-bond acceptors (Lipinski definition) is 5. The molecule has 18 heavy (non-hydrogen) atoms. The third-order valence-corrected chi connectivity index (χ3v) is 2.61. The molecule has 0 aliphatic carbocycles. The van der Waals surface area contributed by atoms with E-state index in [0.29, 0.717) is 17.4 Å². The van der Waals surface area contributed by atoms with Crippen molar-refractivity contribution in [2.45, 2.75) is 0 Å². The first kappa shape index (κ1) is 10.5. The van der Waals surface area contributed by atoms with E-state index >= 15 is 0 Å². The molecule has 0 spiro atoms. The smallest absolute Gasteiger partial charge is 0.258 e. The minimum atomic E-state index is 0.443. The van der Waals surface area contributed by atoms with E-state index in [1.807, 2.05) is 29.8 Å². The number of anilines is 1. The van der Waals surface area contributed by atoms with Gasteiger partial charge in [-0.3, -0.25) is 0 Å². The molecule has 2 N–H and O–H groups in total. The lowest BCUT2D eigenvalue weighted by molar-refractivity contribution is 0.432. The number of imidazole rings is 1. The van der Waals surface area contributed by atoms with Crippen molar-refractivity contribution in [3.8, 4) is 23.0 Å². The molecule has 90 valence electrons. The lowest BCUT2D eigenvalue weighted by atomic mass is 10.2. The quantitative estimate of drug-likeness (QED) is 0.691. The van der Waals surface area contributed by atoms with Gasteiger partial charge in [0.2, 0.25) is 5.82 Å². The van der Waals surface area contributed by atoms with Crippen LogP contribution in [0.25, 0.3) is 23.0 Å². The maximum absolute atomic E-state index is 5.72. The monoisotopic (exact) mass is 241 g/mol. The molecule has 0 radical (unpaired) electrons. The molecule has 0 bridgehead atoms. The zero-order valence-corrected chi connectivity index (χ0v) is 9.74. The lowest BCUT2D eigenvalue weighted by Crippen LogP contribution is -1.90. The van der Waals surface area contributed by atoms with Crippen LogP contribution in [0.3, 0.4) is 0 Å². The summed E-state index contributed by atoms with van der Waals surface area (Å²) in [5.41, 5.74) is 7.98. The van der Waals surface area contributed by atoms with Gasteiger partial charge in [0, 0.05) is 18.3 Å². The van der Waals surface area contributed by atoms with Crippen molar-refractivity contribution < 1.29 is 4.52 Å². The van der Waals surface area contributed by atoms with Crippen LogP contribution in [0.15, 0.2) is 41.3 Å². The summed E-state index contributed by atoms with van der Waals surface area (Å²) in [5.74, 6) is 0.950. The van der Waals surface area contributed by atoms with E-state index in [-0.39, 0.29) is 0 Å². The first-order valence-corrected chi connectivity index (χ1v) is 5.40. The topological polar surface area (TPSA) is 82.8 Å². The van der Waals surface area contributed by atoms with Crippen molar-refractivity contribution in [1.82, 2.24) is 19.7 Å². The molecule has 0 saturated carbocycles. The molecule has 3 rings (SSSR count). The van der Waals surface area contributed by atoms with Crippen LogP contribution in [-0.4, -0.2) is 19.7 Å². The van der Waals surface area contributed by atoms with E-state index in [1.165, 1.54) is 0 Å². The predicted octanol–water partition coefficient (Wildman–Crippen LogP) is 1.72. The number of rotatable bonds is 2. The maximum Gasteiger partial charge on any atom is 0.258 e. The maximum atomic E-state index is 5.72. The minimum absolute atomic E-state index is 0.443. The summed E-state index contributed by atoms with van der Waals surface area (Å²) in [6.45, 7) is 0. The predicted molar refractivity (Wildman–Crippen MR) is 66.3 cm³/mol. The van der Waals surface area contributed by atoms with Crippen LogP contribution in [0, 0.1) is 0 Å². The second-order valence-corrected chi connectivity index (χ2v) is 3.94. The molecule has 2 aromatic heterocycles. The summed E-state index contributed by atoms with van der Waals surface area (Å²) in [6.07, 6.45) is 3.37. The Balaban J connectivity index is 2.02. The molecule has 0 unspecified atom stereocenters. The fraction of sp³-hybridized carbons (Fsp3) is 0.0833. The molecule has 0 aliphatic heterocycles. The van der Waals surface area contributed by atoms with Crippen LogP contribution >= 0.6 is 0 Å². The second-order valence-electron chi connectivity index (χ2n) is 3.94. The SMILES string of the molecule is Cn1cncc1-c1noc(-c2cccc(N)c2)n1. The highest BCUT2D eigenvalue weighted by atomic mass is 16.5. The number of hydrogen-bond donors (Lipinski definition) is 1. The van der Waals surface area contributed by atoms with Crippen molar-refractivity contribution in [3.63, 3.8) is 0 Å². The average molecular weight is 241 g/mol. The summed E-state index contributed by atoms with van der Waals surface area (Å²) in [6, 6.07) is 7.32. The third-order valence-electron chi connectivity index (χ3n) is 2.61. The molecule has 1 aromatic carbocycles. The summed E-state index contributed by atoms with van der Waals surface area (Å²) in [7, 11) is 1.87. The number of nitrogens with zero attached hydrogens (tertiary/aromatic N) is 4. The third kappa shape index (κ3) is 1.73. The molecule has 0 saturated heterocycles. The molecule has 0 atom stereocenters. The molecular weight excluding hydrogens is 230 g/mol. The highest BCUT2D eigenvalue weighted by molar-refractivity contribution is 5.61. The lowest BCUT2D eigenvalue weighted by Gasteiger charge is -1.95.